The Morgan fingerprint density at radius 2 is 1.03 bits per heavy atom. The molecule has 2 unspecified atom stereocenters. The van der Waals surface area contributed by atoms with E-state index in [1.165, 1.54) is 24.3 Å². The first kappa shape index (κ1) is 52.3. The minimum Gasteiger partial charge on any atom is -0.568 e. The zero-order valence-corrected chi connectivity index (χ0v) is 41.6. The number of hydrogen-bond donors (Lipinski definition) is 0. The van der Waals surface area contributed by atoms with Gasteiger partial charge in [0.05, 0.1) is 11.4 Å². The van der Waals surface area contributed by atoms with E-state index in [1.54, 1.807) is 0 Å². The zero-order chi connectivity index (χ0) is 45.6. The fraction of sp³-hybridized carbons (Fsp3) is 0.529. The first-order chi connectivity index (χ1) is 29.0. The smallest absolute Gasteiger partial charge is 0.568 e. The molecule has 0 fully saturated rings. The van der Waals surface area contributed by atoms with Gasteiger partial charge >= 0.3 is 30.5 Å². The van der Waals surface area contributed by atoms with Crippen molar-refractivity contribution in [1.29, 1.82) is 0 Å². The molecule has 63 heavy (non-hydrogen) atoms. The van der Waals surface area contributed by atoms with Gasteiger partial charge in [0, 0.05) is 37.6 Å². The summed E-state index contributed by atoms with van der Waals surface area (Å²) in [6.07, 6.45) is 4.99. The maximum absolute atomic E-state index is 13.0. The van der Waals surface area contributed by atoms with Crippen molar-refractivity contribution in [3.05, 3.63) is 53.8 Å². The van der Waals surface area contributed by atoms with Gasteiger partial charge in [-0.2, -0.15) is 26.3 Å². The first-order valence-corrected chi connectivity index (χ1v) is 24.0. The number of azo groups is 2. The average Bonchev–Trinajstić information content (AvgIpc) is 3.80. The molecule has 0 saturated heterocycles. The van der Waals surface area contributed by atoms with Crippen molar-refractivity contribution < 1.29 is 62.7 Å². The number of anilines is 2. The van der Waals surface area contributed by atoms with Crippen molar-refractivity contribution in [2.45, 2.75) is 77.2 Å². The van der Waals surface area contributed by atoms with E-state index < -0.39 is 42.4 Å². The van der Waals surface area contributed by atoms with E-state index in [0.717, 1.165) is 59.5 Å². The maximum atomic E-state index is 13.0. The van der Waals surface area contributed by atoms with Gasteiger partial charge in [-0.05, 0) is 84.0 Å². The standard InChI is InChI=1S/2C17H19ClF3N6O2S2.Zn/c2*1-3-4-5-27-9-10(2)6-11-7-12(22-24-16-25-23-15(18)30-16)13(8-14(11)27)26-31(28,29)17(19,20)21;/h2*7-8,10H,3-6,9H2,1-2H3;/q2*-1;+2. The minimum absolute atomic E-state index is 0. The van der Waals surface area contributed by atoms with Crippen LogP contribution in [0.4, 0.5) is 70.7 Å². The molecule has 2 aromatic carbocycles. The summed E-state index contributed by atoms with van der Waals surface area (Å²) in [5.41, 5.74) is -9.17. The molecule has 0 amide bonds. The van der Waals surface area contributed by atoms with Gasteiger partial charge in [0.2, 0.25) is 8.93 Å². The third-order valence-corrected chi connectivity index (χ3v) is 12.9. The Morgan fingerprint density at radius 3 is 1.33 bits per heavy atom. The number of hydrogen-bond acceptors (Lipinski definition) is 16. The summed E-state index contributed by atoms with van der Waals surface area (Å²) in [6.45, 7) is 11.0. The number of benzene rings is 2. The molecule has 16 nitrogen and oxygen atoms in total. The van der Waals surface area contributed by atoms with Crippen LogP contribution in [-0.4, -0.2) is 74.4 Å². The van der Waals surface area contributed by atoms with Crippen molar-refractivity contribution in [3.63, 3.8) is 0 Å². The Kier molecular flexibility index (Phi) is 18.0. The average molecular weight is 1060 g/mol. The predicted molar refractivity (Wildman–Crippen MR) is 227 cm³/mol. The van der Waals surface area contributed by atoms with Crippen LogP contribution >= 0.6 is 45.9 Å². The Hall–Kier alpha value is -3.36. The fourth-order valence-electron chi connectivity index (χ4n) is 6.42. The summed E-state index contributed by atoms with van der Waals surface area (Å²) < 4.78 is 131. The number of sulfonamides is 2. The van der Waals surface area contributed by atoms with Crippen molar-refractivity contribution in [2.75, 3.05) is 36.0 Å². The molecule has 0 saturated carbocycles. The van der Waals surface area contributed by atoms with Gasteiger partial charge in [-0.25, -0.2) is 16.8 Å². The Balaban J connectivity index is 0.000000272. The summed E-state index contributed by atoms with van der Waals surface area (Å²) in [5, 5.41) is 30.1. The predicted octanol–water partition coefficient (Wildman–Crippen LogP) is 12.5. The largest absolute Gasteiger partial charge is 2.00 e. The second kappa shape index (κ2) is 21.8. The number of halogens is 8. The Labute approximate surface area is 390 Å². The van der Waals surface area contributed by atoms with Gasteiger partial charge in [-0.15, -0.1) is 40.9 Å². The molecule has 4 aromatic rings. The van der Waals surface area contributed by atoms with E-state index in [9.17, 15) is 43.2 Å². The quantitative estimate of drug-likeness (QED) is 0.0664. The molecule has 0 N–H and O–H groups in total. The van der Waals surface area contributed by atoms with Crippen molar-refractivity contribution in [3.8, 4) is 0 Å². The number of alkyl halides is 6. The number of nitrogens with zero attached hydrogens (tertiary/aromatic N) is 12. The van der Waals surface area contributed by atoms with E-state index in [-0.39, 0.29) is 50.0 Å². The van der Waals surface area contributed by atoms with Crippen LogP contribution in [-0.2, 0) is 52.4 Å². The third kappa shape index (κ3) is 13.8. The summed E-state index contributed by atoms with van der Waals surface area (Å²) in [7, 11) is -11.5. The summed E-state index contributed by atoms with van der Waals surface area (Å²) in [4.78, 5) is 4.08. The number of fused-ring (bicyclic) bond motifs is 2. The molecule has 6 rings (SSSR count). The van der Waals surface area contributed by atoms with Crippen LogP contribution < -0.4 is 9.80 Å². The van der Waals surface area contributed by atoms with E-state index >= 15 is 0 Å². The van der Waals surface area contributed by atoms with E-state index in [2.05, 4.69) is 64.1 Å². The summed E-state index contributed by atoms with van der Waals surface area (Å²) in [5.74, 6) is 0.607. The van der Waals surface area contributed by atoms with Gasteiger partial charge < -0.3 is 19.2 Å². The van der Waals surface area contributed by atoms with E-state index in [0.29, 0.717) is 62.2 Å². The van der Waals surface area contributed by atoms with Crippen LogP contribution in [0.5, 0.6) is 0 Å². The molecular weight excluding hydrogens is 1020 g/mol. The summed E-state index contributed by atoms with van der Waals surface area (Å²) in [6, 6.07) is 5.73. The minimum atomic E-state index is -5.77. The van der Waals surface area contributed by atoms with Crippen LogP contribution in [0.2, 0.25) is 8.93 Å². The number of unbranched alkanes of at least 4 members (excludes halogenated alkanes) is 2. The molecule has 29 heteroatoms. The van der Waals surface area contributed by atoms with Gasteiger partial charge in [0.25, 0.3) is 10.3 Å². The van der Waals surface area contributed by atoms with Crippen LogP contribution in [0.25, 0.3) is 9.44 Å². The van der Waals surface area contributed by atoms with Crippen molar-refractivity contribution in [2.24, 2.45) is 32.3 Å². The first-order valence-electron chi connectivity index (χ1n) is 18.7. The summed E-state index contributed by atoms with van der Waals surface area (Å²) >= 11 is 13.2. The molecule has 4 heterocycles. The molecule has 0 aliphatic carbocycles. The number of aromatic nitrogens is 4. The molecule has 340 valence electrons. The van der Waals surface area contributed by atoms with E-state index in [4.69, 9.17) is 23.2 Å². The van der Waals surface area contributed by atoms with E-state index in [1.807, 2.05) is 23.6 Å². The molecule has 0 spiro atoms. The monoisotopic (exact) mass is 1050 g/mol. The molecule has 2 aliphatic rings. The Bertz CT molecular complexity index is 2330. The maximum Gasteiger partial charge on any atom is 2.00 e. The zero-order valence-electron chi connectivity index (χ0n) is 33.9. The van der Waals surface area contributed by atoms with Crippen LogP contribution in [0.3, 0.4) is 0 Å². The second-order valence-electron chi connectivity index (χ2n) is 14.3. The topological polar surface area (TPSA) is 204 Å². The van der Waals surface area contributed by atoms with Crippen molar-refractivity contribution >= 4 is 110 Å². The van der Waals surface area contributed by atoms with Crippen LogP contribution in [0, 0.1) is 11.8 Å². The van der Waals surface area contributed by atoms with Crippen LogP contribution in [0.15, 0.2) is 44.7 Å². The van der Waals surface area contributed by atoms with Gasteiger partial charge in [0.15, 0.2) is 20.0 Å². The fourth-order valence-corrected chi connectivity index (χ4v) is 8.72. The molecule has 2 atom stereocenters. The Morgan fingerprint density at radius 1 is 0.667 bits per heavy atom. The third-order valence-electron chi connectivity index (χ3n) is 9.09. The van der Waals surface area contributed by atoms with Crippen LogP contribution in [0.1, 0.15) is 64.5 Å². The SMILES string of the molecule is CCCCN1CC(C)Cc2cc(N=Nc3nnc(Cl)s3)c([N-]S(=O)(=O)C(F)(F)F)cc21.CCCCN1CC(C)Cc2cc(N=Nc3nnc(Cl)s3)c([N-]S(=O)(=O)C(F)(F)F)cc21.[Zn+2]. The number of rotatable bonds is 14. The molecular formula is C34H38Cl2F6N12O4S4Zn. The van der Waals surface area contributed by atoms with Gasteiger partial charge in [-0.1, -0.05) is 86.7 Å². The molecule has 0 radical (unpaired) electrons. The second-order valence-corrected chi connectivity index (χ2v) is 20.5. The molecule has 2 aliphatic heterocycles. The normalized spacial score (nSPS) is 17.0. The molecule has 0 bridgehead atoms. The van der Waals surface area contributed by atoms with Gasteiger partial charge in [-0.3, -0.25) is 0 Å². The molecule has 2 aromatic heterocycles. The van der Waals surface area contributed by atoms with Gasteiger partial charge in [0.1, 0.15) is 0 Å². The van der Waals surface area contributed by atoms with Crippen molar-refractivity contribution in [1.82, 2.24) is 20.4 Å².